The molecule has 100 valence electrons. The number of nitrogens with one attached hydrogen (secondary N) is 1. The van der Waals surface area contributed by atoms with Crippen molar-refractivity contribution in [2.24, 2.45) is 5.84 Å². The average Bonchev–Trinajstić information content (AvgIpc) is 2.88. The lowest BCUT2D eigenvalue weighted by Crippen LogP contribution is -2.29. The van der Waals surface area contributed by atoms with Crippen molar-refractivity contribution in [2.45, 2.75) is 6.61 Å². The quantitative estimate of drug-likeness (QED) is 0.503. The summed E-state index contributed by atoms with van der Waals surface area (Å²) in [5.41, 5.74) is 2.14. The zero-order chi connectivity index (χ0) is 13.8. The number of hydrogen-bond acceptors (Lipinski definition) is 4. The van der Waals surface area contributed by atoms with Crippen LogP contribution in [0.1, 0.15) is 16.1 Å². The molecule has 0 unspecified atom stereocenters. The van der Waals surface area contributed by atoms with E-state index in [0.717, 1.165) is 6.07 Å². The van der Waals surface area contributed by atoms with Gasteiger partial charge in [0.15, 0.2) is 11.6 Å². The van der Waals surface area contributed by atoms with Gasteiger partial charge in [0.25, 0.3) is 5.91 Å². The SMILES string of the molecule is NNC(=O)c1coc(COc2cccc(F)c2F)c1. The lowest BCUT2D eigenvalue weighted by molar-refractivity contribution is 0.0953. The molecular formula is C12H10F2N2O3. The monoisotopic (exact) mass is 268 g/mol. The van der Waals surface area contributed by atoms with E-state index in [9.17, 15) is 13.6 Å². The number of carbonyl (C=O) groups excluding carboxylic acids is 1. The fourth-order valence-corrected chi connectivity index (χ4v) is 1.40. The van der Waals surface area contributed by atoms with Crippen LogP contribution in [-0.2, 0) is 6.61 Å². The van der Waals surface area contributed by atoms with Crippen molar-refractivity contribution in [3.05, 3.63) is 53.5 Å². The molecule has 0 bridgehead atoms. The van der Waals surface area contributed by atoms with Crippen LogP contribution in [0.4, 0.5) is 8.78 Å². The first-order valence-electron chi connectivity index (χ1n) is 5.27. The highest BCUT2D eigenvalue weighted by Gasteiger charge is 2.12. The standard InChI is InChI=1S/C12H10F2N2O3/c13-9-2-1-3-10(11(9)14)19-6-8-4-7(5-18-8)12(17)16-15/h1-5H,6,15H2,(H,16,17). The minimum absolute atomic E-state index is 0.141. The van der Waals surface area contributed by atoms with Crippen LogP contribution in [0.3, 0.4) is 0 Å². The number of rotatable bonds is 4. The lowest BCUT2D eigenvalue weighted by Gasteiger charge is -2.05. The molecule has 0 aliphatic rings. The molecule has 1 aromatic carbocycles. The molecule has 0 saturated heterocycles. The molecule has 1 amide bonds. The van der Waals surface area contributed by atoms with Crippen molar-refractivity contribution in [3.8, 4) is 5.75 Å². The van der Waals surface area contributed by atoms with Crippen molar-refractivity contribution in [2.75, 3.05) is 0 Å². The first kappa shape index (κ1) is 13.0. The van der Waals surface area contributed by atoms with Crippen LogP contribution in [-0.4, -0.2) is 5.91 Å². The van der Waals surface area contributed by atoms with E-state index in [-0.39, 0.29) is 23.7 Å². The van der Waals surface area contributed by atoms with E-state index < -0.39 is 17.5 Å². The summed E-state index contributed by atoms with van der Waals surface area (Å²) in [6.45, 7) is -0.141. The molecule has 2 rings (SSSR count). The summed E-state index contributed by atoms with van der Waals surface area (Å²) in [6, 6.07) is 4.98. The van der Waals surface area contributed by atoms with Gasteiger partial charge in [0.1, 0.15) is 18.6 Å². The predicted molar refractivity (Wildman–Crippen MR) is 61.1 cm³/mol. The van der Waals surface area contributed by atoms with E-state index in [4.69, 9.17) is 15.0 Å². The maximum Gasteiger partial charge on any atom is 0.268 e. The van der Waals surface area contributed by atoms with Gasteiger partial charge < -0.3 is 9.15 Å². The number of hydrazine groups is 1. The molecule has 2 aromatic rings. The first-order valence-corrected chi connectivity index (χ1v) is 5.27. The Kier molecular flexibility index (Phi) is 3.76. The van der Waals surface area contributed by atoms with E-state index in [2.05, 4.69) is 0 Å². The van der Waals surface area contributed by atoms with Crippen LogP contribution in [0.15, 0.2) is 34.9 Å². The van der Waals surface area contributed by atoms with Gasteiger partial charge in [0.05, 0.1) is 5.56 Å². The number of benzene rings is 1. The zero-order valence-corrected chi connectivity index (χ0v) is 9.65. The third kappa shape index (κ3) is 2.89. The van der Waals surface area contributed by atoms with Gasteiger partial charge in [-0.3, -0.25) is 10.2 Å². The number of ether oxygens (including phenoxy) is 1. The Labute approximate surface area is 106 Å². The van der Waals surface area contributed by atoms with Gasteiger partial charge in [-0.15, -0.1) is 0 Å². The summed E-state index contributed by atoms with van der Waals surface area (Å²) in [5.74, 6) is 2.40. The predicted octanol–water partition coefficient (Wildman–Crippen LogP) is 1.74. The van der Waals surface area contributed by atoms with E-state index in [1.165, 1.54) is 24.5 Å². The zero-order valence-electron chi connectivity index (χ0n) is 9.65. The van der Waals surface area contributed by atoms with Gasteiger partial charge in [-0.05, 0) is 18.2 Å². The van der Waals surface area contributed by atoms with Crippen LogP contribution >= 0.6 is 0 Å². The topological polar surface area (TPSA) is 77.5 Å². The number of furan rings is 1. The molecule has 0 atom stereocenters. The van der Waals surface area contributed by atoms with Crippen molar-refractivity contribution < 1.29 is 22.7 Å². The Balaban J connectivity index is 2.04. The Morgan fingerprint density at radius 3 is 2.95 bits per heavy atom. The molecule has 0 spiro atoms. The van der Waals surface area contributed by atoms with Crippen molar-refractivity contribution in [3.63, 3.8) is 0 Å². The Morgan fingerprint density at radius 1 is 1.42 bits per heavy atom. The molecule has 0 fully saturated rings. The smallest absolute Gasteiger partial charge is 0.268 e. The third-order valence-corrected chi connectivity index (χ3v) is 2.33. The van der Waals surface area contributed by atoms with Gasteiger partial charge >= 0.3 is 0 Å². The number of carbonyl (C=O) groups is 1. The summed E-state index contributed by atoms with van der Waals surface area (Å²) in [5, 5.41) is 0. The van der Waals surface area contributed by atoms with Gasteiger partial charge in [0.2, 0.25) is 5.82 Å². The third-order valence-electron chi connectivity index (χ3n) is 2.33. The average molecular weight is 268 g/mol. The number of amides is 1. The van der Waals surface area contributed by atoms with E-state index in [1.807, 2.05) is 5.43 Å². The number of hydrogen-bond donors (Lipinski definition) is 2. The Hall–Kier alpha value is -2.41. The summed E-state index contributed by atoms with van der Waals surface area (Å²) in [6.07, 6.45) is 1.18. The van der Waals surface area contributed by atoms with Crippen molar-refractivity contribution in [1.82, 2.24) is 5.43 Å². The second-order valence-electron chi connectivity index (χ2n) is 3.62. The Morgan fingerprint density at radius 2 is 2.21 bits per heavy atom. The van der Waals surface area contributed by atoms with Gasteiger partial charge in [-0.25, -0.2) is 10.2 Å². The van der Waals surface area contributed by atoms with Crippen LogP contribution in [0.2, 0.25) is 0 Å². The molecular weight excluding hydrogens is 258 g/mol. The molecule has 0 aliphatic heterocycles. The normalized spacial score (nSPS) is 10.3. The lowest BCUT2D eigenvalue weighted by atomic mass is 10.3. The fraction of sp³-hybridized carbons (Fsp3) is 0.0833. The largest absolute Gasteiger partial charge is 0.482 e. The molecule has 5 nitrogen and oxygen atoms in total. The molecule has 0 radical (unpaired) electrons. The first-order chi connectivity index (χ1) is 9.11. The maximum atomic E-state index is 13.3. The molecule has 19 heavy (non-hydrogen) atoms. The minimum Gasteiger partial charge on any atom is -0.482 e. The minimum atomic E-state index is -1.08. The highest BCUT2D eigenvalue weighted by Crippen LogP contribution is 2.20. The number of nitrogen functional groups attached to an aromatic ring is 1. The highest BCUT2D eigenvalue weighted by atomic mass is 19.2. The highest BCUT2D eigenvalue weighted by molar-refractivity contribution is 5.93. The van der Waals surface area contributed by atoms with Gasteiger partial charge in [-0.2, -0.15) is 4.39 Å². The number of nitrogens with two attached hydrogens (primary N) is 1. The molecule has 0 aliphatic carbocycles. The van der Waals surface area contributed by atoms with E-state index in [0.29, 0.717) is 0 Å². The Bertz CT molecular complexity index is 598. The second kappa shape index (κ2) is 5.49. The summed E-state index contributed by atoms with van der Waals surface area (Å²) in [7, 11) is 0. The summed E-state index contributed by atoms with van der Waals surface area (Å²) >= 11 is 0. The van der Waals surface area contributed by atoms with E-state index >= 15 is 0 Å². The van der Waals surface area contributed by atoms with Gasteiger partial charge in [0, 0.05) is 0 Å². The van der Waals surface area contributed by atoms with Crippen LogP contribution in [0, 0.1) is 11.6 Å². The van der Waals surface area contributed by atoms with Crippen LogP contribution < -0.4 is 16.0 Å². The fourth-order valence-electron chi connectivity index (χ4n) is 1.40. The van der Waals surface area contributed by atoms with Gasteiger partial charge in [-0.1, -0.05) is 6.07 Å². The second-order valence-corrected chi connectivity index (χ2v) is 3.62. The van der Waals surface area contributed by atoms with E-state index in [1.54, 1.807) is 0 Å². The molecule has 0 saturated carbocycles. The van der Waals surface area contributed by atoms with Crippen LogP contribution in [0.5, 0.6) is 5.75 Å². The summed E-state index contributed by atoms with van der Waals surface area (Å²) in [4.78, 5) is 11.2. The molecule has 1 aromatic heterocycles. The van der Waals surface area contributed by atoms with Crippen LogP contribution in [0.25, 0.3) is 0 Å². The number of halogens is 2. The molecule has 3 N–H and O–H groups in total. The maximum absolute atomic E-state index is 13.3. The van der Waals surface area contributed by atoms with Crippen molar-refractivity contribution >= 4 is 5.91 Å². The summed E-state index contributed by atoms with van der Waals surface area (Å²) < 4.78 is 36.3. The van der Waals surface area contributed by atoms with Crippen molar-refractivity contribution in [1.29, 1.82) is 0 Å². The molecule has 1 heterocycles. The molecule has 7 heteroatoms.